The number of carboxylic acid groups (broad SMARTS) is 1. The quantitative estimate of drug-likeness (QED) is 0.615. The Morgan fingerprint density at radius 1 is 0.962 bits per heavy atom. The maximum atomic E-state index is 12.5. The summed E-state index contributed by atoms with van der Waals surface area (Å²) in [7, 11) is 0. The molecule has 0 atom stereocenters. The zero-order chi connectivity index (χ0) is 18.7. The molecule has 1 aliphatic heterocycles. The molecule has 2 aromatic carbocycles. The van der Waals surface area contributed by atoms with Crippen LogP contribution in [0, 0.1) is 0 Å². The number of hydrogen-bond donors (Lipinski definition) is 0. The Bertz CT molecular complexity index is 913. The summed E-state index contributed by atoms with van der Waals surface area (Å²) in [5.41, 5.74) is 3.66. The summed E-state index contributed by atoms with van der Waals surface area (Å²) in [6.45, 7) is 0. The van der Waals surface area contributed by atoms with Gasteiger partial charge in [-0.3, -0.25) is 4.79 Å². The van der Waals surface area contributed by atoms with Gasteiger partial charge in [0.2, 0.25) is 0 Å². The van der Waals surface area contributed by atoms with Crippen molar-refractivity contribution < 1.29 is 14.7 Å². The number of rotatable bonds is 5. The molecular formula is C20H14Br2NO3-. The lowest BCUT2D eigenvalue weighted by atomic mass is 9.92. The lowest BCUT2D eigenvalue weighted by Crippen LogP contribution is -2.21. The molecule has 0 N–H and O–H groups in total. The highest BCUT2D eigenvalue weighted by Gasteiger charge is 2.25. The van der Waals surface area contributed by atoms with Gasteiger partial charge in [0.1, 0.15) is 0 Å². The summed E-state index contributed by atoms with van der Waals surface area (Å²) < 4.78 is 1.86. The standard InChI is InChI=1S/C20H15Br2NO3/c21-14-5-1-12(2-6-14)16(9-10-19(24)25)17-11-18(23-20(17)26)13-3-7-15(22)8-4-13/h1-8H,9-11H2,(H,24,25)/p-1/b17-16-. The van der Waals surface area contributed by atoms with E-state index in [1.54, 1.807) is 0 Å². The van der Waals surface area contributed by atoms with Gasteiger partial charge in [-0.2, -0.15) is 0 Å². The van der Waals surface area contributed by atoms with Gasteiger partial charge in [-0.15, -0.1) is 0 Å². The third-order valence-electron chi connectivity index (χ3n) is 4.15. The van der Waals surface area contributed by atoms with Crippen molar-refractivity contribution in [1.29, 1.82) is 0 Å². The smallest absolute Gasteiger partial charge is 0.273 e. The molecule has 0 saturated carbocycles. The van der Waals surface area contributed by atoms with E-state index in [2.05, 4.69) is 36.9 Å². The van der Waals surface area contributed by atoms with E-state index in [1.807, 2.05) is 48.5 Å². The Kier molecular flexibility index (Phi) is 5.84. The lowest BCUT2D eigenvalue weighted by Gasteiger charge is -2.12. The SMILES string of the molecule is O=C([O-])CC/C(=C1\CC(c2ccc(Br)cc2)=NC1=O)c1ccc(Br)cc1. The summed E-state index contributed by atoms with van der Waals surface area (Å²) in [5, 5.41) is 10.9. The summed E-state index contributed by atoms with van der Waals surface area (Å²) in [4.78, 5) is 27.7. The third kappa shape index (κ3) is 4.37. The van der Waals surface area contributed by atoms with E-state index >= 15 is 0 Å². The molecule has 4 nitrogen and oxygen atoms in total. The van der Waals surface area contributed by atoms with Crippen LogP contribution in [-0.2, 0) is 9.59 Å². The maximum absolute atomic E-state index is 12.5. The van der Waals surface area contributed by atoms with Crippen LogP contribution in [0.4, 0.5) is 0 Å². The van der Waals surface area contributed by atoms with Gasteiger partial charge in [0.15, 0.2) is 0 Å². The van der Waals surface area contributed by atoms with Crippen LogP contribution in [0.3, 0.4) is 0 Å². The normalized spacial score (nSPS) is 15.8. The molecule has 2 aromatic rings. The maximum Gasteiger partial charge on any atom is 0.273 e. The molecule has 26 heavy (non-hydrogen) atoms. The molecule has 1 amide bonds. The number of hydrogen-bond acceptors (Lipinski definition) is 3. The Hall–Kier alpha value is -2.05. The second-order valence-electron chi connectivity index (χ2n) is 5.88. The number of halogens is 2. The van der Waals surface area contributed by atoms with Crippen LogP contribution in [0.5, 0.6) is 0 Å². The molecular weight excluding hydrogens is 462 g/mol. The molecule has 0 fully saturated rings. The fourth-order valence-electron chi connectivity index (χ4n) is 2.86. The predicted octanol–water partition coefficient (Wildman–Crippen LogP) is 3.91. The Labute approximate surface area is 167 Å². The highest BCUT2D eigenvalue weighted by Crippen LogP contribution is 2.32. The van der Waals surface area contributed by atoms with Crippen LogP contribution in [0.25, 0.3) is 5.57 Å². The van der Waals surface area contributed by atoms with E-state index in [9.17, 15) is 14.7 Å². The van der Waals surface area contributed by atoms with E-state index in [0.717, 1.165) is 20.1 Å². The van der Waals surface area contributed by atoms with E-state index in [-0.39, 0.29) is 18.7 Å². The minimum absolute atomic E-state index is 0.143. The van der Waals surface area contributed by atoms with E-state index < -0.39 is 5.97 Å². The van der Waals surface area contributed by atoms with Crippen molar-refractivity contribution in [2.45, 2.75) is 19.3 Å². The van der Waals surface area contributed by atoms with Gasteiger partial charge in [-0.1, -0.05) is 56.1 Å². The van der Waals surface area contributed by atoms with Crippen LogP contribution in [-0.4, -0.2) is 17.6 Å². The number of benzene rings is 2. The van der Waals surface area contributed by atoms with Crippen LogP contribution in [0.15, 0.2) is 68.0 Å². The number of carbonyl (C=O) groups excluding carboxylic acids is 2. The molecule has 0 saturated heterocycles. The van der Waals surface area contributed by atoms with Crippen LogP contribution in [0.1, 0.15) is 30.4 Å². The number of carboxylic acids is 1. The van der Waals surface area contributed by atoms with E-state index in [1.165, 1.54) is 0 Å². The Morgan fingerprint density at radius 2 is 1.54 bits per heavy atom. The monoisotopic (exact) mass is 474 g/mol. The van der Waals surface area contributed by atoms with Gasteiger partial charge in [-0.25, -0.2) is 4.99 Å². The molecule has 0 radical (unpaired) electrons. The van der Waals surface area contributed by atoms with Crippen LogP contribution >= 0.6 is 31.9 Å². The first kappa shape index (κ1) is 18.7. The average Bonchev–Trinajstić information content (AvgIpc) is 2.99. The molecule has 0 aliphatic carbocycles. The Balaban J connectivity index is 1.97. The first-order chi connectivity index (χ1) is 12.4. The van der Waals surface area contributed by atoms with Crippen molar-refractivity contribution in [1.82, 2.24) is 0 Å². The van der Waals surface area contributed by atoms with Crippen molar-refractivity contribution >= 4 is 55.0 Å². The molecule has 0 aromatic heterocycles. The molecule has 1 aliphatic rings. The zero-order valence-corrected chi connectivity index (χ0v) is 16.8. The second-order valence-corrected chi connectivity index (χ2v) is 7.71. The van der Waals surface area contributed by atoms with Gasteiger partial charge in [-0.05, 0) is 53.8 Å². The minimum Gasteiger partial charge on any atom is -0.550 e. The van der Waals surface area contributed by atoms with Crippen LogP contribution < -0.4 is 5.11 Å². The molecule has 0 bridgehead atoms. The highest BCUT2D eigenvalue weighted by molar-refractivity contribution is 9.10. The summed E-state index contributed by atoms with van der Waals surface area (Å²) in [6, 6.07) is 15.1. The van der Waals surface area contributed by atoms with Crippen molar-refractivity contribution in [3.63, 3.8) is 0 Å². The van der Waals surface area contributed by atoms with Crippen molar-refractivity contribution in [2.75, 3.05) is 0 Å². The number of amides is 1. The first-order valence-electron chi connectivity index (χ1n) is 7.99. The molecule has 1 heterocycles. The van der Waals surface area contributed by atoms with Gasteiger partial charge < -0.3 is 9.90 Å². The number of allylic oxidation sites excluding steroid dienone is 1. The largest absolute Gasteiger partial charge is 0.550 e. The fraction of sp³-hybridized carbons (Fsp3) is 0.150. The van der Waals surface area contributed by atoms with Gasteiger partial charge in [0.05, 0.1) is 5.71 Å². The number of aliphatic imine (C=N–C) groups is 1. The van der Waals surface area contributed by atoms with Crippen molar-refractivity contribution in [3.05, 3.63) is 74.2 Å². The zero-order valence-electron chi connectivity index (χ0n) is 13.7. The number of nitrogens with zero attached hydrogens (tertiary/aromatic N) is 1. The van der Waals surface area contributed by atoms with Gasteiger partial charge in [0.25, 0.3) is 5.91 Å². The number of aliphatic carboxylic acids is 1. The summed E-state index contributed by atoms with van der Waals surface area (Å²) in [5.74, 6) is -1.45. The second kappa shape index (κ2) is 8.10. The number of carbonyl (C=O) groups is 2. The Morgan fingerprint density at radius 3 is 2.12 bits per heavy atom. The van der Waals surface area contributed by atoms with Crippen LogP contribution in [0.2, 0.25) is 0 Å². The average molecular weight is 476 g/mol. The van der Waals surface area contributed by atoms with Gasteiger partial charge in [0, 0.05) is 26.9 Å². The molecule has 0 spiro atoms. The van der Waals surface area contributed by atoms with Crippen molar-refractivity contribution in [3.8, 4) is 0 Å². The molecule has 3 rings (SSSR count). The van der Waals surface area contributed by atoms with E-state index in [0.29, 0.717) is 23.3 Å². The van der Waals surface area contributed by atoms with Crippen molar-refractivity contribution in [2.24, 2.45) is 4.99 Å². The highest BCUT2D eigenvalue weighted by atomic mass is 79.9. The molecule has 6 heteroatoms. The van der Waals surface area contributed by atoms with E-state index in [4.69, 9.17) is 0 Å². The lowest BCUT2D eigenvalue weighted by molar-refractivity contribution is -0.305. The first-order valence-corrected chi connectivity index (χ1v) is 9.58. The third-order valence-corrected chi connectivity index (χ3v) is 5.21. The molecule has 0 unspecified atom stereocenters. The minimum atomic E-state index is -1.14. The summed E-state index contributed by atoms with van der Waals surface area (Å²) in [6.07, 6.45) is 0.475. The summed E-state index contributed by atoms with van der Waals surface area (Å²) >= 11 is 6.77. The fourth-order valence-corrected chi connectivity index (χ4v) is 3.39. The molecule has 132 valence electrons. The predicted molar refractivity (Wildman–Crippen MR) is 106 cm³/mol. The topological polar surface area (TPSA) is 69.6 Å². The van der Waals surface area contributed by atoms with Gasteiger partial charge >= 0.3 is 0 Å².